The van der Waals surface area contributed by atoms with Crippen molar-refractivity contribution in [1.82, 2.24) is 10.6 Å². The van der Waals surface area contributed by atoms with Crippen LogP contribution in [0.25, 0.3) is 11.0 Å². The number of carbonyl (C=O) groups is 2. The predicted molar refractivity (Wildman–Crippen MR) is 89.5 cm³/mol. The molecule has 126 valence electrons. The van der Waals surface area contributed by atoms with Crippen molar-refractivity contribution in [3.63, 3.8) is 0 Å². The van der Waals surface area contributed by atoms with E-state index >= 15 is 0 Å². The maximum Gasteiger partial charge on any atom is 0.336 e. The number of hydrogen-bond acceptors (Lipinski definition) is 5. The number of aryl methyl sites for hydroxylation is 1. The zero-order chi connectivity index (χ0) is 17.7. The molecule has 0 fully saturated rings. The number of nitrogens with one attached hydrogen (secondary N) is 2. The van der Waals surface area contributed by atoms with E-state index in [4.69, 9.17) is 20.8 Å². The molecule has 1 heterocycles. The van der Waals surface area contributed by atoms with Crippen LogP contribution in [0.5, 0.6) is 5.75 Å². The topological polar surface area (TPSA) is 97.6 Å². The summed E-state index contributed by atoms with van der Waals surface area (Å²) in [6, 6.07) is 3.71. The number of hydrogen-bond donors (Lipinski definition) is 2. The highest BCUT2D eigenvalue weighted by Gasteiger charge is 2.12. The summed E-state index contributed by atoms with van der Waals surface area (Å²) in [4.78, 5) is 34.4. The van der Waals surface area contributed by atoms with Crippen molar-refractivity contribution in [2.24, 2.45) is 0 Å². The van der Waals surface area contributed by atoms with Crippen LogP contribution in [0.4, 0.5) is 4.79 Å². The fourth-order valence-electron chi connectivity index (χ4n) is 1.95. The average Bonchev–Trinajstić information content (AvgIpc) is 2.51. The Balaban J connectivity index is 2.08. The van der Waals surface area contributed by atoms with Crippen molar-refractivity contribution in [2.45, 2.75) is 6.92 Å². The molecule has 7 nitrogen and oxygen atoms in total. The zero-order valence-electron chi connectivity index (χ0n) is 12.8. The molecule has 0 unspecified atom stereocenters. The quantitative estimate of drug-likeness (QED) is 0.636. The van der Waals surface area contributed by atoms with Crippen LogP contribution in [0.15, 0.2) is 40.1 Å². The van der Waals surface area contributed by atoms with Crippen LogP contribution in [0, 0.1) is 6.92 Å². The molecule has 1 aromatic carbocycles. The van der Waals surface area contributed by atoms with Gasteiger partial charge in [0.25, 0.3) is 5.91 Å². The average molecular weight is 351 g/mol. The maximum atomic E-state index is 11.6. The van der Waals surface area contributed by atoms with E-state index in [1.54, 1.807) is 13.0 Å². The Bertz CT molecular complexity index is 859. The predicted octanol–water partition coefficient (Wildman–Crippen LogP) is 2.15. The van der Waals surface area contributed by atoms with Gasteiger partial charge in [0, 0.05) is 24.1 Å². The molecular formula is C16H15ClN2O5. The molecule has 0 aliphatic heterocycles. The standard InChI is InChI=1S/C16H15ClN2O5/c1-3-4-18-16(22)19-14(20)8-23-13-7-12-10(6-11(13)17)9(2)5-15(21)24-12/h3,5-7H,1,4,8H2,2H3,(H2,18,19,20,22). The fourth-order valence-corrected chi connectivity index (χ4v) is 2.16. The molecule has 1 aromatic heterocycles. The van der Waals surface area contributed by atoms with Crippen molar-refractivity contribution in [3.8, 4) is 5.75 Å². The minimum Gasteiger partial charge on any atom is -0.482 e. The Morgan fingerprint density at radius 1 is 1.38 bits per heavy atom. The normalized spacial score (nSPS) is 10.2. The molecule has 8 heteroatoms. The van der Waals surface area contributed by atoms with Crippen molar-refractivity contribution >= 4 is 34.5 Å². The van der Waals surface area contributed by atoms with Crippen LogP contribution in [0.1, 0.15) is 5.56 Å². The molecule has 2 aromatic rings. The molecular weight excluding hydrogens is 336 g/mol. The fraction of sp³-hybridized carbons (Fsp3) is 0.188. The van der Waals surface area contributed by atoms with Gasteiger partial charge in [-0.2, -0.15) is 0 Å². The summed E-state index contributed by atoms with van der Waals surface area (Å²) in [5.74, 6) is -0.488. The number of carbonyl (C=O) groups excluding carboxylic acids is 2. The minimum absolute atomic E-state index is 0.166. The number of imide groups is 1. The highest BCUT2D eigenvalue weighted by molar-refractivity contribution is 6.32. The molecule has 0 bridgehead atoms. The third-order valence-electron chi connectivity index (χ3n) is 3.02. The number of ether oxygens (including phenoxy) is 1. The van der Waals surface area contributed by atoms with Gasteiger partial charge in [0.2, 0.25) is 0 Å². The molecule has 0 aliphatic rings. The Morgan fingerprint density at radius 2 is 2.12 bits per heavy atom. The lowest BCUT2D eigenvalue weighted by Crippen LogP contribution is -2.41. The summed E-state index contributed by atoms with van der Waals surface area (Å²) < 4.78 is 10.4. The molecule has 0 radical (unpaired) electrons. The van der Waals surface area contributed by atoms with Gasteiger partial charge >= 0.3 is 11.7 Å². The van der Waals surface area contributed by atoms with Gasteiger partial charge in [-0.25, -0.2) is 9.59 Å². The molecule has 0 spiro atoms. The first-order valence-electron chi connectivity index (χ1n) is 6.96. The van der Waals surface area contributed by atoms with E-state index < -0.39 is 24.2 Å². The van der Waals surface area contributed by atoms with Gasteiger partial charge in [-0.15, -0.1) is 6.58 Å². The van der Waals surface area contributed by atoms with Crippen molar-refractivity contribution in [1.29, 1.82) is 0 Å². The Kier molecular flexibility index (Phi) is 5.59. The van der Waals surface area contributed by atoms with Gasteiger partial charge in [0.1, 0.15) is 11.3 Å². The largest absolute Gasteiger partial charge is 0.482 e. The first-order valence-corrected chi connectivity index (χ1v) is 7.34. The van der Waals surface area contributed by atoms with Crippen LogP contribution < -0.4 is 21.0 Å². The Morgan fingerprint density at radius 3 is 2.83 bits per heavy atom. The van der Waals surface area contributed by atoms with Crippen LogP contribution in [0.3, 0.4) is 0 Å². The summed E-state index contributed by atoms with van der Waals surface area (Å²) in [5, 5.41) is 5.39. The van der Waals surface area contributed by atoms with E-state index in [-0.39, 0.29) is 17.3 Å². The number of fused-ring (bicyclic) bond motifs is 1. The third-order valence-corrected chi connectivity index (χ3v) is 3.32. The van der Waals surface area contributed by atoms with E-state index in [1.165, 1.54) is 18.2 Å². The summed E-state index contributed by atoms with van der Waals surface area (Å²) >= 11 is 6.11. The lowest BCUT2D eigenvalue weighted by Gasteiger charge is -2.10. The second-order valence-corrected chi connectivity index (χ2v) is 5.27. The minimum atomic E-state index is -0.658. The van der Waals surface area contributed by atoms with E-state index in [0.29, 0.717) is 16.5 Å². The van der Waals surface area contributed by atoms with Gasteiger partial charge in [-0.1, -0.05) is 17.7 Å². The van der Waals surface area contributed by atoms with Gasteiger partial charge in [-0.05, 0) is 18.6 Å². The Hall–Kier alpha value is -2.80. The summed E-state index contributed by atoms with van der Waals surface area (Å²) in [7, 11) is 0. The van der Waals surface area contributed by atoms with Crippen LogP contribution >= 0.6 is 11.6 Å². The molecule has 2 rings (SSSR count). The first kappa shape index (κ1) is 17.6. The first-order chi connectivity index (χ1) is 11.4. The van der Waals surface area contributed by atoms with Crippen molar-refractivity contribution < 1.29 is 18.7 Å². The van der Waals surface area contributed by atoms with Gasteiger partial charge in [0.15, 0.2) is 6.61 Å². The molecule has 0 atom stereocenters. The Labute approximate surface area is 142 Å². The van der Waals surface area contributed by atoms with Crippen LogP contribution in [-0.4, -0.2) is 25.1 Å². The molecule has 2 N–H and O–H groups in total. The van der Waals surface area contributed by atoms with Crippen LogP contribution in [-0.2, 0) is 4.79 Å². The lowest BCUT2D eigenvalue weighted by atomic mass is 10.1. The van der Waals surface area contributed by atoms with Crippen molar-refractivity contribution in [2.75, 3.05) is 13.2 Å². The highest BCUT2D eigenvalue weighted by Crippen LogP contribution is 2.30. The van der Waals surface area contributed by atoms with Gasteiger partial charge in [-0.3, -0.25) is 10.1 Å². The van der Waals surface area contributed by atoms with Crippen LogP contribution in [0.2, 0.25) is 5.02 Å². The van der Waals surface area contributed by atoms with Gasteiger partial charge in [0.05, 0.1) is 5.02 Å². The number of amides is 3. The SMILES string of the molecule is C=CCNC(=O)NC(=O)COc1cc2oc(=O)cc(C)c2cc1Cl. The van der Waals surface area contributed by atoms with E-state index in [0.717, 1.165) is 0 Å². The molecule has 0 saturated heterocycles. The second kappa shape index (κ2) is 7.65. The number of halogens is 1. The summed E-state index contributed by atoms with van der Waals surface area (Å²) in [6.07, 6.45) is 1.48. The van der Waals surface area contributed by atoms with E-state index in [2.05, 4.69) is 17.2 Å². The lowest BCUT2D eigenvalue weighted by molar-refractivity contribution is -0.122. The molecule has 0 saturated carbocycles. The number of benzene rings is 1. The summed E-state index contributed by atoms with van der Waals surface area (Å²) in [6.45, 7) is 5.00. The monoisotopic (exact) mass is 350 g/mol. The maximum absolute atomic E-state index is 11.6. The highest BCUT2D eigenvalue weighted by atomic mass is 35.5. The number of urea groups is 1. The van der Waals surface area contributed by atoms with E-state index in [9.17, 15) is 14.4 Å². The van der Waals surface area contributed by atoms with Gasteiger partial charge < -0.3 is 14.5 Å². The second-order valence-electron chi connectivity index (χ2n) is 4.86. The smallest absolute Gasteiger partial charge is 0.336 e. The summed E-state index contributed by atoms with van der Waals surface area (Å²) in [5.41, 5.74) is 0.514. The number of rotatable bonds is 5. The molecule has 24 heavy (non-hydrogen) atoms. The van der Waals surface area contributed by atoms with Crippen molar-refractivity contribution in [3.05, 3.63) is 51.9 Å². The zero-order valence-corrected chi connectivity index (χ0v) is 13.6. The van der Waals surface area contributed by atoms with E-state index in [1.807, 2.05) is 0 Å². The molecule has 0 aliphatic carbocycles. The third kappa shape index (κ3) is 4.36. The molecule has 3 amide bonds.